The highest BCUT2D eigenvalue weighted by Gasteiger charge is 2.23. The molecule has 164 valence electrons. The van der Waals surface area contributed by atoms with Crippen molar-refractivity contribution in [3.8, 4) is 0 Å². The number of thioether (sulfide) groups is 1. The summed E-state index contributed by atoms with van der Waals surface area (Å²) in [4.78, 5) is 42.1. The molecule has 1 unspecified atom stereocenters. The number of nitrogens with zero attached hydrogens (tertiary/aromatic N) is 3. The third-order valence-corrected chi connectivity index (χ3v) is 6.95. The maximum Gasteiger partial charge on any atom is 0.306 e. The normalized spacial score (nSPS) is 12.4. The number of amides is 1. The highest BCUT2D eigenvalue weighted by Crippen LogP contribution is 2.31. The molecule has 0 fully saturated rings. The van der Waals surface area contributed by atoms with Crippen molar-refractivity contribution >= 4 is 50.6 Å². The highest BCUT2D eigenvalue weighted by atomic mass is 32.2. The zero-order valence-electron chi connectivity index (χ0n) is 17.6. The lowest BCUT2D eigenvalue weighted by molar-refractivity contribution is -0.387. The van der Waals surface area contributed by atoms with E-state index in [9.17, 15) is 24.1 Å². The zero-order chi connectivity index (χ0) is 23.0. The summed E-state index contributed by atoms with van der Waals surface area (Å²) < 4.78 is 15.1. The van der Waals surface area contributed by atoms with Gasteiger partial charge in [-0.2, -0.15) is 4.39 Å². The topological polar surface area (TPSA) is 107 Å². The van der Waals surface area contributed by atoms with Crippen molar-refractivity contribution < 1.29 is 14.1 Å². The Balaban J connectivity index is 1.91. The first-order chi connectivity index (χ1) is 14.5. The number of halogens is 1. The molecule has 0 spiro atoms. The van der Waals surface area contributed by atoms with Crippen LogP contribution in [0.5, 0.6) is 0 Å². The van der Waals surface area contributed by atoms with Gasteiger partial charge in [0.25, 0.3) is 5.56 Å². The van der Waals surface area contributed by atoms with Crippen molar-refractivity contribution in [1.82, 2.24) is 9.55 Å². The van der Waals surface area contributed by atoms with E-state index in [0.29, 0.717) is 15.4 Å². The number of anilines is 1. The number of carbonyl (C=O) groups excluding carboxylic acids is 1. The van der Waals surface area contributed by atoms with E-state index < -0.39 is 27.6 Å². The van der Waals surface area contributed by atoms with Gasteiger partial charge in [0.2, 0.25) is 11.7 Å². The van der Waals surface area contributed by atoms with Crippen LogP contribution in [0.1, 0.15) is 37.3 Å². The SMILES string of the molecule is Cc1sc2nc(SC(C)C(=O)Nc3ccc(F)c([N+](=O)[O-])c3)n(C(C)C)c(=O)c2c1C. The van der Waals surface area contributed by atoms with Crippen molar-refractivity contribution in [2.45, 2.75) is 51.1 Å². The number of hydrogen-bond donors (Lipinski definition) is 1. The molecule has 2 heterocycles. The molecule has 0 saturated heterocycles. The molecule has 0 aliphatic carbocycles. The van der Waals surface area contributed by atoms with Crippen LogP contribution < -0.4 is 10.9 Å². The maximum absolute atomic E-state index is 13.5. The lowest BCUT2D eigenvalue weighted by Gasteiger charge is -2.18. The van der Waals surface area contributed by atoms with Crippen LogP contribution in [0.4, 0.5) is 15.8 Å². The van der Waals surface area contributed by atoms with Gasteiger partial charge < -0.3 is 5.32 Å². The van der Waals surface area contributed by atoms with Crippen molar-refractivity contribution in [1.29, 1.82) is 0 Å². The van der Waals surface area contributed by atoms with Gasteiger partial charge in [0.05, 0.1) is 15.6 Å². The lowest BCUT2D eigenvalue weighted by Crippen LogP contribution is -2.28. The Kier molecular flexibility index (Phi) is 6.46. The van der Waals surface area contributed by atoms with E-state index in [1.165, 1.54) is 17.4 Å². The number of hydrogen-bond acceptors (Lipinski definition) is 7. The van der Waals surface area contributed by atoms with E-state index in [1.807, 2.05) is 27.7 Å². The highest BCUT2D eigenvalue weighted by molar-refractivity contribution is 8.00. The maximum atomic E-state index is 13.5. The van der Waals surface area contributed by atoms with Gasteiger partial charge in [-0.1, -0.05) is 11.8 Å². The molecule has 1 atom stereocenters. The van der Waals surface area contributed by atoms with Gasteiger partial charge in [0, 0.05) is 22.7 Å². The second kappa shape index (κ2) is 8.75. The van der Waals surface area contributed by atoms with Crippen molar-refractivity contribution in [3.05, 3.63) is 54.9 Å². The molecule has 3 aromatic rings. The van der Waals surface area contributed by atoms with E-state index in [0.717, 1.165) is 34.3 Å². The number of nitro groups is 1. The number of fused-ring (bicyclic) bond motifs is 1. The van der Waals surface area contributed by atoms with Crippen LogP contribution in [0, 0.1) is 29.8 Å². The molecule has 8 nitrogen and oxygen atoms in total. The summed E-state index contributed by atoms with van der Waals surface area (Å²) in [7, 11) is 0. The van der Waals surface area contributed by atoms with Crippen LogP contribution in [0.25, 0.3) is 10.2 Å². The predicted octanol–water partition coefficient (Wildman–Crippen LogP) is 4.82. The number of nitrogens with one attached hydrogen (secondary N) is 1. The molecule has 11 heteroatoms. The Morgan fingerprint density at radius 3 is 2.61 bits per heavy atom. The molecule has 3 rings (SSSR count). The third kappa shape index (κ3) is 4.47. The minimum absolute atomic E-state index is 0.111. The smallest absolute Gasteiger partial charge is 0.306 e. The molecule has 0 aliphatic heterocycles. The van der Waals surface area contributed by atoms with Gasteiger partial charge in [-0.25, -0.2) is 4.98 Å². The average molecular weight is 465 g/mol. The Morgan fingerprint density at radius 2 is 2.00 bits per heavy atom. The fourth-order valence-electron chi connectivity index (χ4n) is 3.01. The number of rotatable bonds is 6. The number of benzene rings is 1. The fraction of sp³-hybridized carbons (Fsp3) is 0.350. The van der Waals surface area contributed by atoms with Gasteiger partial charge in [-0.05, 0) is 52.3 Å². The van der Waals surface area contributed by atoms with Crippen LogP contribution in [0.15, 0.2) is 28.2 Å². The summed E-state index contributed by atoms with van der Waals surface area (Å²) in [5.74, 6) is -1.43. The first-order valence-electron chi connectivity index (χ1n) is 9.45. The van der Waals surface area contributed by atoms with Crippen LogP contribution in [-0.4, -0.2) is 25.6 Å². The molecular formula is C20H21FN4O4S2. The number of aromatic nitrogens is 2. The average Bonchev–Trinajstić information content (AvgIpc) is 2.96. The van der Waals surface area contributed by atoms with Crippen LogP contribution in [-0.2, 0) is 4.79 Å². The van der Waals surface area contributed by atoms with E-state index in [-0.39, 0.29) is 17.3 Å². The third-order valence-electron chi connectivity index (χ3n) is 4.78. The number of thiophene rings is 1. The van der Waals surface area contributed by atoms with Crippen molar-refractivity contribution in [3.63, 3.8) is 0 Å². The summed E-state index contributed by atoms with van der Waals surface area (Å²) in [5, 5.41) is 13.8. The van der Waals surface area contributed by atoms with Gasteiger partial charge in [0.15, 0.2) is 5.16 Å². The minimum atomic E-state index is -0.981. The molecule has 1 amide bonds. The zero-order valence-corrected chi connectivity index (χ0v) is 19.2. The molecule has 1 N–H and O–H groups in total. The Hall–Kier alpha value is -2.79. The van der Waals surface area contributed by atoms with E-state index in [4.69, 9.17) is 0 Å². The van der Waals surface area contributed by atoms with E-state index >= 15 is 0 Å². The van der Waals surface area contributed by atoms with E-state index in [1.54, 1.807) is 11.5 Å². The lowest BCUT2D eigenvalue weighted by atomic mass is 10.2. The first-order valence-corrected chi connectivity index (χ1v) is 11.1. The first kappa shape index (κ1) is 22.9. The quantitative estimate of drug-likeness (QED) is 0.242. The molecular weight excluding hydrogens is 443 g/mol. The van der Waals surface area contributed by atoms with Gasteiger partial charge >= 0.3 is 5.69 Å². The summed E-state index contributed by atoms with van der Waals surface area (Å²) in [6, 6.07) is 2.99. The molecule has 0 radical (unpaired) electrons. The standard InChI is InChI=1S/C20H21FN4O4S2/c1-9(2)24-19(27)16-10(3)11(4)30-18(16)23-20(24)31-12(5)17(26)22-13-6-7-14(21)15(8-13)25(28)29/h6-9,12H,1-5H3,(H,22,26). The Bertz CT molecular complexity index is 1250. The molecule has 31 heavy (non-hydrogen) atoms. The molecule has 0 bridgehead atoms. The fourth-order valence-corrected chi connectivity index (χ4v) is 5.12. The van der Waals surface area contributed by atoms with Crippen LogP contribution in [0.2, 0.25) is 0 Å². The number of nitro benzene ring substituents is 1. The van der Waals surface area contributed by atoms with Crippen molar-refractivity contribution in [2.75, 3.05) is 5.32 Å². The monoisotopic (exact) mass is 464 g/mol. The predicted molar refractivity (Wildman–Crippen MR) is 121 cm³/mol. The number of aryl methyl sites for hydroxylation is 2. The van der Waals surface area contributed by atoms with Crippen LogP contribution >= 0.6 is 23.1 Å². The van der Waals surface area contributed by atoms with Gasteiger partial charge in [-0.15, -0.1) is 11.3 Å². The van der Waals surface area contributed by atoms with E-state index in [2.05, 4.69) is 10.3 Å². The summed E-state index contributed by atoms with van der Waals surface area (Å²) in [6.45, 7) is 9.22. The summed E-state index contributed by atoms with van der Waals surface area (Å²) in [6.07, 6.45) is 0. The van der Waals surface area contributed by atoms with Crippen molar-refractivity contribution in [2.24, 2.45) is 0 Å². The molecule has 2 aromatic heterocycles. The molecule has 0 saturated carbocycles. The van der Waals surface area contributed by atoms with Crippen LogP contribution in [0.3, 0.4) is 0 Å². The largest absolute Gasteiger partial charge is 0.325 e. The second-order valence-corrected chi connectivity index (χ2v) is 9.81. The molecule has 0 aliphatic rings. The Morgan fingerprint density at radius 1 is 1.32 bits per heavy atom. The summed E-state index contributed by atoms with van der Waals surface area (Å²) >= 11 is 2.56. The number of carbonyl (C=O) groups is 1. The second-order valence-electron chi connectivity index (χ2n) is 7.30. The molecule has 1 aromatic carbocycles. The Labute approximate surface area is 185 Å². The van der Waals surface area contributed by atoms with Gasteiger partial charge in [0.1, 0.15) is 4.83 Å². The summed E-state index contributed by atoms with van der Waals surface area (Å²) in [5.41, 5.74) is 0.153. The minimum Gasteiger partial charge on any atom is -0.325 e. The van der Waals surface area contributed by atoms with Gasteiger partial charge in [-0.3, -0.25) is 24.3 Å².